The summed E-state index contributed by atoms with van der Waals surface area (Å²) in [5.74, 6) is 0. The van der Waals surface area contributed by atoms with E-state index in [0.29, 0.717) is 0 Å². The van der Waals surface area contributed by atoms with Crippen LogP contribution in [0.15, 0.2) is 218 Å². The van der Waals surface area contributed by atoms with Gasteiger partial charge >= 0.3 is 0 Å². The van der Waals surface area contributed by atoms with Crippen molar-refractivity contribution in [2.75, 3.05) is 4.90 Å². The molecule has 0 bridgehead atoms. The number of benzene rings is 9. The molecule has 0 aliphatic heterocycles. The van der Waals surface area contributed by atoms with Gasteiger partial charge in [-0.05, 0) is 99.0 Å². The summed E-state index contributed by atoms with van der Waals surface area (Å²) in [5, 5.41) is 2.61. The first-order valence-electron chi connectivity index (χ1n) is 20.5. The van der Waals surface area contributed by atoms with Gasteiger partial charge in [0, 0.05) is 42.5 Å². The van der Waals surface area contributed by atoms with Crippen LogP contribution in [0, 0.1) is 0 Å². The van der Waals surface area contributed by atoms with Gasteiger partial charge in [-0.1, -0.05) is 182 Å². The molecule has 10 aromatic rings. The molecule has 2 aliphatic carbocycles. The first kappa shape index (κ1) is 34.1. The molecule has 0 saturated heterocycles. The van der Waals surface area contributed by atoms with E-state index in [2.05, 4.69) is 230 Å². The Morgan fingerprint density at radius 1 is 0.373 bits per heavy atom. The molecule has 0 N–H and O–H groups in total. The van der Waals surface area contributed by atoms with Crippen LogP contribution in [0.25, 0.3) is 42.4 Å². The molecule has 1 heterocycles. The third-order valence-electron chi connectivity index (χ3n) is 13.2. The van der Waals surface area contributed by atoms with Gasteiger partial charge in [0.05, 0.1) is 11.1 Å². The third-order valence-corrected chi connectivity index (χ3v) is 14.4. The molecule has 12 rings (SSSR count). The van der Waals surface area contributed by atoms with Gasteiger partial charge in [0.1, 0.15) is 0 Å². The average Bonchev–Trinajstić information content (AvgIpc) is 3.92. The van der Waals surface area contributed by atoms with Gasteiger partial charge in [-0.15, -0.1) is 11.3 Å². The number of rotatable bonds is 6. The first-order valence-corrected chi connectivity index (χ1v) is 21.3. The summed E-state index contributed by atoms with van der Waals surface area (Å²) in [5.41, 5.74) is 16.9. The summed E-state index contributed by atoms with van der Waals surface area (Å²) in [6, 6.07) is 81.4. The standard InChI is InChI=1S/C57H39NS/c1-56(38-18-5-2-6-19-38)48-27-14-11-24-43(48)47-36-41(33-35-49(47)56)58(42-32-34-45-44-25-13-16-31-53(44)59-54(45)37-42)52-30-17-29-51-55(52)46-26-12-15-28-50(46)57(51,39-20-7-3-8-21-39)40-22-9-4-10-23-40/h2-37H,1H3. The molecular formula is C57H39NS. The van der Waals surface area contributed by atoms with E-state index in [4.69, 9.17) is 0 Å². The van der Waals surface area contributed by atoms with Crippen LogP contribution in [0.3, 0.4) is 0 Å². The van der Waals surface area contributed by atoms with Gasteiger partial charge < -0.3 is 4.90 Å². The highest BCUT2D eigenvalue weighted by Crippen LogP contribution is 2.60. The van der Waals surface area contributed by atoms with Crippen LogP contribution in [-0.2, 0) is 10.8 Å². The normalized spacial score (nSPS) is 15.7. The fourth-order valence-electron chi connectivity index (χ4n) is 10.7. The fourth-order valence-corrected chi connectivity index (χ4v) is 11.8. The van der Waals surface area contributed by atoms with E-state index in [1.807, 2.05) is 11.3 Å². The fraction of sp³-hybridized carbons (Fsp3) is 0.0526. The maximum Gasteiger partial charge on any atom is 0.0714 e. The van der Waals surface area contributed by atoms with Crippen LogP contribution >= 0.6 is 11.3 Å². The summed E-state index contributed by atoms with van der Waals surface area (Å²) in [6.07, 6.45) is 0. The number of hydrogen-bond donors (Lipinski definition) is 0. The number of hydrogen-bond acceptors (Lipinski definition) is 2. The Morgan fingerprint density at radius 2 is 0.915 bits per heavy atom. The van der Waals surface area contributed by atoms with E-state index in [1.54, 1.807) is 0 Å². The van der Waals surface area contributed by atoms with Crippen molar-refractivity contribution in [3.8, 4) is 22.3 Å². The number of thiophene rings is 1. The van der Waals surface area contributed by atoms with Crippen LogP contribution in [0.2, 0.25) is 0 Å². The Labute approximate surface area is 349 Å². The Kier molecular flexibility index (Phi) is 7.51. The van der Waals surface area contributed by atoms with Crippen molar-refractivity contribution in [1.82, 2.24) is 0 Å². The highest BCUT2D eigenvalue weighted by molar-refractivity contribution is 7.25. The lowest BCUT2D eigenvalue weighted by atomic mass is 9.68. The van der Waals surface area contributed by atoms with E-state index in [1.165, 1.54) is 87.1 Å². The third kappa shape index (κ3) is 4.78. The quantitative estimate of drug-likeness (QED) is 0.163. The van der Waals surface area contributed by atoms with Crippen molar-refractivity contribution >= 4 is 48.6 Å². The predicted molar refractivity (Wildman–Crippen MR) is 249 cm³/mol. The predicted octanol–water partition coefficient (Wildman–Crippen LogP) is 15.2. The number of fused-ring (bicyclic) bond motifs is 9. The van der Waals surface area contributed by atoms with E-state index in [0.717, 1.165) is 11.4 Å². The summed E-state index contributed by atoms with van der Waals surface area (Å²) in [6.45, 7) is 2.40. The van der Waals surface area contributed by atoms with Crippen molar-refractivity contribution in [3.63, 3.8) is 0 Å². The highest BCUT2D eigenvalue weighted by atomic mass is 32.1. The van der Waals surface area contributed by atoms with Crippen molar-refractivity contribution in [2.24, 2.45) is 0 Å². The molecule has 0 radical (unpaired) electrons. The highest BCUT2D eigenvalue weighted by Gasteiger charge is 2.47. The minimum atomic E-state index is -0.500. The minimum absolute atomic E-state index is 0.273. The molecule has 0 amide bonds. The second-order valence-electron chi connectivity index (χ2n) is 16.1. The average molecular weight is 770 g/mol. The van der Waals surface area contributed by atoms with Gasteiger partial charge in [0.15, 0.2) is 0 Å². The summed E-state index contributed by atoms with van der Waals surface area (Å²) < 4.78 is 2.60. The van der Waals surface area contributed by atoms with Crippen molar-refractivity contribution in [1.29, 1.82) is 0 Å². The Morgan fingerprint density at radius 3 is 1.66 bits per heavy atom. The van der Waals surface area contributed by atoms with Gasteiger partial charge in [-0.25, -0.2) is 0 Å². The molecule has 0 fully saturated rings. The SMILES string of the molecule is CC1(c2ccccc2)c2ccccc2-c2cc(N(c3ccc4c(c3)sc3ccccc34)c3cccc4c3-c3ccccc3C4(c3ccccc3)c3ccccc3)ccc21. The molecule has 2 heteroatoms. The molecule has 0 saturated carbocycles. The van der Waals surface area contributed by atoms with E-state index < -0.39 is 5.41 Å². The van der Waals surface area contributed by atoms with Crippen LogP contribution in [-0.4, -0.2) is 0 Å². The first-order chi connectivity index (χ1) is 29.2. The van der Waals surface area contributed by atoms with Gasteiger partial charge in [0.2, 0.25) is 0 Å². The molecule has 0 spiro atoms. The van der Waals surface area contributed by atoms with Crippen molar-refractivity contribution in [2.45, 2.75) is 17.8 Å². The molecule has 59 heavy (non-hydrogen) atoms. The zero-order valence-electron chi connectivity index (χ0n) is 32.6. The monoisotopic (exact) mass is 769 g/mol. The lowest BCUT2D eigenvalue weighted by Crippen LogP contribution is -2.28. The smallest absolute Gasteiger partial charge is 0.0714 e. The topological polar surface area (TPSA) is 3.24 Å². The molecule has 2 aliphatic rings. The lowest BCUT2D eigenvalue weighted by molar-refractivity contribution is 0.714. The number of anilines is 3. The van der Waals surface area contributed by atoms with E-state index in [-0.39, 0.29) is 5.41 Å². The molecule has 1 nitrogen and oxygen atoms in total. The van der Waals surface area contributed by atoms with Crippen LogP contribution in [0.4, 0.5) is 17.1 Å². The Balaban J connectivity index is 1.15. The van der Waals surface area contributed by atoms with E-state index in [9.17, 15) is 0 Å². The summed E-state index contributed by atoms with van der Waals surface area (Å²) >= 11 is 1.87. The maximum atomic E-state index is 2.53. The molecule has 1 aromatic heterocycles. The Bertz CT molecular complexity index is 3200. The molecule has 1 unspecified atom stereocenters. The molecule has 1 atom stereocenters. The van der Waals surface area contributed by atoms with Crippen molar-refractivity contribution in [3.05, 3.63) is 257 Å². The van der Waals surface area contributed by atoms with Crippen molar-refractivity contribution < 1.29 is 0 Å². The largest absolute Gasteiger partial charge is 0.310 e. The maximum absolute atomic E-state index is 2.53. The second-order valence-corrected chi connectivity index (χ2v) is 17.2. The summed E-state index contributed by atoms with van der Waals surface area (Å²) in [7, 11) is 0. The number of nitrogens with zero attached hydrogens (tertiary/aromatic N) is 1. The zero-order chi connectivity index (χ0) is 39.1. The molecule has 278 valence electrons. The lowest BCUT2D eigenvalue weighted by Gasteiger charge is -2.34. The molecule has 9 aromatic carbocycles. The van der Waals surface area contributed by atoms with Crippen LogP contribution < -0.4 is 4.90 Å². The summed E-state index contributed by atoms with van der Waals surface area (Å²) in [4.78, 5) is 2.53. The van der Waals surface area contributed by atoms with Gasteiger partial charge in [-0.2, -0.15) is 0 Å². The Hall–Kier alpha value is -7.00. The minimum Gasteiger partial charge on any atom is -0.310 e. The van der Waals surface area contributed by atoms with Crippen LogP contribution in [0.5, 0.6) is 0 Å². The van der Waals surface area contributed by atoms with Gasteiger partial charge in [-0.3, -0.25) is 0 Å². The zero-order valence-corrected chi connectivity index (χ0v) is 33.5. The van der Waals surface area contributed by atoms with E-state index >= 15 is 0 Å². The van der Waals surface area contributed by atoms with Crippen LogP contribution in [0.1, 0.15) is 45.9 Å². The van der Waals surface area contributed by atoms with Gasteiger partial charge in [0.25, 0.3) is 0 Å². The second kappa shape index (κ2) is 13.0. The molecular weight excluding hydrogens is 731 g/mol.